The molecule has 130 valence electrons. The number of nitrogens with zero attached hydrogens (tertiary/aromatic N) is 3. The van der Waals surface area contributed by atoms with Crippen molar-refractivity contribution in [3.8, 4) is 0 Å². The number of amides is 1. The molecule has 0 bridgehead atoms. The monoisotopic (exact) mass is 347 g/mol. The lowest BCUT2D eigenvalue weighted by Gasteiger charge is -2.16. The van der Waals surface area contributed by atoms with Crippen LogP contribution in [-0.2, 0) is 11.2 Å². The molecule has 0 fully saturated rings. The molecule has 1 amide bonds. The summed E-state index contributed by atoms with van der Waals surface area (Å²) in [4.78, 5) is 12.6. The maximum atomic E-state index is 12.6. The summed E-state index contributed by atoms with van der Waals surface area (Å²) in [5, 5.41) is 11.4. The third-order valence-corrected chi connectivity index (χ3v) is 4.90. The molecule has 2 rings (SSSR count). The largest absolute Gasteiger partial charge is 0.336 e. The van der Waals surface area contributed by atoms with Crippen molar-refractivity contribution in [2.75, 3.05) is 11.2 Å². The van der Waals surface area contributed by atoms with E-state index in [1.807, 2.05) is 45.9 Å². The van der Waals surface area contributed by atoms with Gasteiger partial charge in [-0.05, 0) is 31.4 Å². The van der Waals surface area contributed by atoms with E-state index in [0.29, 0.717) is 11.0 Å². The van der Waals surface area contributed by atoms with E-state index in [9.17, 15) is 4.79 Å². The maximum absolute atomic E-state index is 12.6. The highest BCUT2D eigenvalue weighted by atomic mass is 32.2. The number of aryl methyl sites for hydroxylation is 2. The molecular weight excluding hydrogens is 322 g/mol. The Kier molecular flexibility index (Phi) is 5.88. The number of nitrogens with two attached hydrogens (primary N) is 1. The third kappa shape index (κ3) is 3.90. The summed E-state index contributed by atoms with van der Waals surface area (Å²) < 4.78 is 1.46. The average Bonchev–Trinajstić information content (AvgIpc) is 2.90. The van der Waals surface area contributed by atoms with Crippen LogP contribution in [0.2, 0.25) is 0 Å². The van der Waals surface area contributed by atoms with Crippen LogP contribution in [0.3, 0.4) is 0 Å². The van der Waals surface area contributed by atoms with Crippen molar-refractivity contribution in [2.24, 2.45) is 0 Å². The van der Waals surface area contributed by atoms with Gasteiger partial charge < -0.3 is 11.2 Å². The first-order valence-electron chi connectivity index (χ1n) is 8.11. The van der Waals surface area contributed by atoms with E-state index in [4.69, 9.17) is 5.84 Å². The molecule has 0 unspecified atom stereocenters. The number of carbonyl (C=O) groups excluding carboxylic acids is 1. The van der Waals surface area contributed by atoms with Gasteiger partial charge in [-0.15, -0.1) is 10.2 Å². The molecule has 1 aromatic carbocycles. The van der Waals surface area contributed by atoms with Crippen LogP contribution < -0.4 is 11.2 Å². The van der Waals surface area contributed by atoms with Crippen LogP contribution in [0.5, 0.6) is 0 Å². The molecule has 24 heavy (non-hydrogen) atoms. The van der Waals surface area contributed by atoms with E-state index in [1.165, 1.54) is 16.4 Å². The first-order chi connectivity index (χ1) is 11.3. The zero-order chi connectivity index (χ0) is 17.9. The van der Waals surface area contributed by atoms with E-state index in [0.717, 1.165) is 23.2 Å². The van der Waals surface area contributed by atoms with E-state index in [2.05, 4.69) is 22.4 Å². The predicted molar refractivity (Wildman–Crippen MR) is 98.8 cm³/mol. The number of thioether (sulfide) groups is 1. The molecule has 3 N–H and O–H groups in total. The van der Waals surface area contributed by atoms with Gasteiger partial charge in [0.1, 0.15) is 0 Å². The summed E-state index contributed by atoms with van der Waals surface area (Å²) in [5.41, 5.74) is 3.09. The highest BCUT2D eigenvalue weighted by molar-refractivity contribution is 8.00. The fraction of sp³-hybridized carbons (Fsp3) is 0.471. The third-order valence-electron chi connectivity index (χ3n) is 3.85. The SMILES string of the molecule is CCc1cccc(C)c1NC(=O)[C@H](C)Sc1nnc(C(C)C)n1N. The van der Waals surface area contributed by atoms with Gasteiger partial charge in [0.05, 0.1) is 5.25 Å². The zero-order valence-electron chi connectivity index (χ0n) is 14.8. The van der Waals surface area contributed by atoms with Gasteiger partial charge in [-0.3, -0.25) is 4.79 Å². The number of nitrogen functional groups attached to an aromatic ring is 1. The van der Waals surface area contributed by atoms with Gasteiger partial charge in [-0.25, -0.2) is 4.68 Å². The van der Waals surface area contributed by atoms with E-state index < -0.39 is 0 Å². The Morgan fingerprint density at radius 3 is 2.62 bits per heavy atom. The molecule has 6 nitrogen and oxygen atoms in total. The number of carbonyl (C=O) groups is 1. The van der Waals surface area contributed by atoms with Gasteiger partial charge >= 0.3 is 0 Å². The van der Waals surface area contributed by atoms with Crippen LogP contribution in [0.25, 0.3) is 0 Å². The molecule has 0 spiro atoms. The van der Waals surface area contributed by atoms with Crippen molar-refractivity contribution in [1.29, 1.82) is 0 Å². The second-order valence-electron chi connectivity index (χ2n) is 6.08. The highest BCUT2D eigenvalue weighted by Gasteiger charge is 2.21. The fourth-order valence-corrected chi connectivity index (χ4v) is 3.18. The number of benzene rings is 1. The van der Waals surface area contributed by atoms with Crippen LogP contribution in [0.1, 0.15) is 50.6 Å². The van der Waals surface area contributed by atoms with Gasteiger partial charge in [0.25, 0.3) is 0 Å². The quantitative estimate of drug-likeness (QED) is 0.619. The number of rotatable bonds is 6. The smallest absolute Gasteiger partial charge is 0.237 e. The molecule has 0 radical (unpaired) electrons. The van der Waals surface area contributed by atoms with Crippen LogP contribution >= 0.6 is 11.8 Å². The lowest BCUT2D eigenvalue weighted by Crippen LogP contribution is -2.25. The van der Waals surface area contributed by atoms with Crippen molar-refractivity contribution in [1.82, 2.24) is 14.9 Å². The first-order valence-corrected chi connectivity index (χ1v) is 8.99. The molecule has 1 atom stereocenters. The van der Waals surface area contributed by atoms with Gasteiger partial charge in [-0.1, -0.05) is 50.7 Å². The van der Waals surface area contributed by atoms with Crippen LogP contribution in [0, 0.1) is 6.92 Å². The van der Waals surface area contributed by atoms with Crippen LogP contribution in [0.4, 0.5) is 5.69 Å². The number of anilines is 1. The van der Waals surface area contributed by atoms with Crippen LogP contribution in [-0.4, -0.2) is 26.0 Å². The van der Waals surface area contributed by atoms with Gasteiger partial charge in [-0.2, -0.15) is 0 Å². The summed E-state index contributed by atoms with van der Waals surface area (Å²) in [6.45, 7) is 9.92. The van der Waals surface area contributed by atoms with E-state index in [1.54, 1.807) is 0 Å². The fourth-order valence-electron chi connectivity index (χ4n) is 2.40. The highest BCUT2D eigenvalue weighted by Crippen LogP contribution is 2.26. The molecule has 2 aromatic rings. The van der Waals surface area contributed by atoms with Crippen molar-refractivity contribution in [2.45, 2.75) is 57.4 Å². The lowest BCUT2D eigenvalue weighted by atomic mass is 10.1. The molecule has 0 aliphatic rings. The number of hydrogen-bond acceptors (Lipinski definition) is 5. The molecule has 0 aliphatic heterocycles. The van der Waals surface area contributed by atoms with Crippen molar-refractivity contribution < 1.29 is 4.79 Å². The molecule has 0 saturated carbocycles. The molecule has 7 heteroatoms. The number of hydrogen-bond donors (Lipinski definition) is 2. The second-order valence-corrected chi connectivity index (χ2v) is 7.39. The minimum atomic E-state index is -0.333. The summed E-state index contributed by atoms with van der Waals surface area (Å²) in [5.74, 6) is 6.83. The maximum Gasteiger partial charge on any atom is 0.237 e. The van der Waals surface area contributed by atoms with E-state index in [-0.39, 0.29) is 17.1 Å². The standard InChI is InChI=1S/C17H25N5OS/c1-6-13-9-7-8-11(4)14(13)19-16(23)12(5)24-17-21-20-15(10(2)3)22(17)18/h7-10,12H,6,18H2,1-5H3,(H,19,23)/t12-/m0/s1. The Morgan fingerprint density at radius 2 is 2.04 bits per heavy atom. The Morgan fingerprint density at radius 1 is 1.33 bits per heavy atom. The van der Waals surface area contributed by atoms with Crippen molar-refractivity contribution in [3.05, 3.63) is 35.2 Å². The second kappa shape index (κ2) is 7.70. The van der Waals surface area contributed by atoms with Gasteiger partial charge in [0.15, 0.2) is 5.82 Å². The summed E-state index contributed by atoms with van der Waals surface area (Å²) in [7, 11) is 0. The zero-order valence-corrected chi connectivity index (χ0v) is 15.6. The molecule has 0 aliphatic carbocycles. The minimum Gasteiger partial charge on any atom is -0.336 e. The predicted octanol–water partition coefficient (Wildman–Crippen LogP) is 3.11. The Bertz CT molecular complexity index is 726. The summed E-state index contributed by atoms with van der Waals surface area (Å²) in [6.07, 6.45) is 0.869. The Balaban J connectivity index is 2.11. The minimum absolute atomic E-state index is 0.0712. The molecule has 0 saturated heterocycles. The average molecular weight is 347 g/mol. The number of para-hydroxylation sites is 1. The lowest BCUT2D eigenvalue weighted by molar-refractivity contribution is -0.115. The molecular formula is C17H25N5OS. The van der Waals surface area contributed by atoms with Crippen molar-refractivity contribution in [3.63, 3.8) is 0 Å². The number of aromatic nitrogens is 3. The Hall–Kier alpha value is -2.02. The van der Waals surface area contributed by atoms with Crippen LogP contribution in [0.15, 0.2) is 23.4 Å². The molecule has 1 aromatic heterocycles. The normalized spacial score (nSPS) is 12.4. The molecule has 1 heterocycles. The van der Waals surface area contributed by atoms with Gasteiger partial charge in [0, 0.05) is 11.6 Å². The van der Waals surface area contributed by atoms with Gasteiger partial charge in [0.2, 0.25) is 11.1 Å². The van der Waals surface area contributed by atoms with Crippen molar-refractivity contribution >= 4 is 23.4 Å². The summed E-state index contributed by atoms with van der Waals surface area (Å²) in [6, 6.07) is 6.04. The number of nitrogens with one attached hydrogen (secondary N) is 1. The van der Waals surface area contributed by atoms with E-state index >= 15 is 0 Å². The Labute approximate surface area is 147 Å². The summed E-state index contributed by atoms with van der Waals surface area (Å²) >= 11 is 1.31. The first kappa shape index (κ1) is 18.3. The topological polar surface area (TPSA) is 85.8 Å².